The highest BCUT2D eigenvalue weighted by Crippen LogP contribution is 2.37. The maximum atomic E-state index is 12.6. The topological polar surface area (TPSA) is 61.8 Å². The predicted octanol–water partition coefficient (Wildman–Crippen LogP) is 3.92. The quantitative estimate of drug-likeness (QED) is 0.470. The van der Waals surface area contributed by atoms with Crippen LogP contribution in [0.2, 0.25) is 0 Å². The predicted molar refractivity (Wildman–Crippen MR) is 103 cm³/mol. The van der Waals surface area contributed by atoms with E-state index in [0.29, 0.717) is 29.1 Å². The Labute approximate surface area is 157 Å². The first kappa shape index (κ1) is 18.5. The molecular formula is C22H20O5. The Balaban J connectivity index is 2.15. The lowest BCUT2D eigenvalue weighted by Gasteiger charge is -2.29. The van der Waals surface area contributed by atoms with Crippen molar-refractivity contribution in [2.24, 2.45) is 0 Å². The summed E-state index contributed by atoms with van der Waals surface area (Å²) in [5.41, 5.74) is -1.55. The zero-order valence-electron chi connectivity index (χ0n) is 15.4. The molecule has 0 N–H and O–H groups in total. The number of fused-ring (bicyclic) bond motifs is 1. The molecule has 138 valence electrons. The Morgan fingerprint density at radius 3 is 2.22 bits per heavy atom. The van der Waals surface area contributed by atoms with Gasteiger partial charge in [0.25, 0.3) is 0 Å². The van der Waals surface area contributed by atoms with E-state index in [0.717, 1.165) is 10.8 Å². The van der Waals surface area contributed by atoms with Gasteiger partial charge in [0, 0.05) is 0 Å². The number of hydrogen-bond acceptors (Lipinski definition) is 5. The number of carbonyl (C=O) groups is 2. The van der Waals surface area contributed by atoms with Crippen LogP contribution in [-0.4, -0.2) is 26.3 Å². The molecule has 0 aliphatic carbocycles. The van der Waals surface area contributed by atoms with Gasteiger partial charge in [0.15, 0.2) is 12.1 Å². The van der Waals surface area contributed by atoms with Crippen molar-refractivity contribution >= 4 is 22.8 Å². The first-order valence-corrected chi connectivity index (χ1v) is 8.41. The maximum absolute atomic E-state index is 12.6. The Bertz CT molecular complexity index is 995. The number of hydrogen-bond donors (Lipinski definition) is 0. The average molecular weight is 364 g/mol. The number of Topliss-reactive ketones (excluding diaryl/α,β-unsaturated/α-hetero) is 1. The first-order chi connectivity index (χ1) is 13.0. The van der Waals surface area contributed by atoms with Gasteiger partial charge < -0.3 is 14.2 Å². The molecule has 0 saturated heterocycles. The molecule has 0 aliphatic rings. The van der Waals surface area contributed by atoms with Crippen LogP contribution in [0.25, 0.3) is 10.8 Å². The molecule has 0 aliphatic heterocycles. The number of carbonyl (C=O) groups excluding carboxylic acids is 2. The van der Waals surface area contributed by atoms with Crippen LogP contribution in [0.5, 0.6) is 17.2 Å². The highest BCUT2D eigenvalue weighted by atomic mass is 16.5. The fraction of sp³-hybridized carbons (Fsp3) is 0.182. The van der Waals surface area contributed by atoms with Gasteiger partial charge in [0.2, 0.25) is 5.60 Å². The summed E-state index contributed by atoms with van der Waals surface area (Å²) in [6, 6.07) is 18.1. The number of aldehydes is 1. The van der Waals surface area contributed by atoms with Crippen LogP contribution in [0.15, 0.2) is 60.7 Å². The highest BCUT2D eigenvalue weighted by Gasteiger charge is 2.43. The standard InChI is InChI=1S/C22H20O5/c1-15(24)22(14-23,20-13-18(25-2)10-11-21(20)26-3)27-19-9-8-16-6-4-5-7-17(16)12-19/h4-14H,1-3H3. The van der Waals surface area contributed by atoms with E-state index < -0.39 is 11.4 Å². The number of methoxy groups -OCH3 is 2. The molecular weight excluding hydrogens is 344 g/mol. The second-order valence-electron chi connectivity index (χ2n) is 6.09. The lowest BCUT2D eigenvalue weighted by molar-refractivity contribution is -0.140. The van der Waals surface area contributed by atoms with Gasteiger partial charge in [-0.1, -0.05) is 30.3 Å². The highest BCUT2D eigenvalue weighted by molar-refractivity contribution is 6.02. The molecule has 0 radical (unpaired) electrons. The average Bonchev–Trinajstić information content (AvgIpc) is 2.71. The second-order valence-corrected chi connectivity index (χ2v) is 6.09. The normalized spacial score (nSPS) is 12.9. The summed E-state index contributed by atoms with van der Waals surface area (Å²) in [5, 5.41) is 1.97. The van der Waals surface area contributed by atoms with Gasteiger partial charge in [-0.2, -0.15) is 0 Å². The van der Waals surface area contributed by atoms with Gasteiger partial charge in [-0.25, -0.2) is 0 Å². The molecule has 0 amide bonds. The number of rotatable bonds is 7. The summed E-state index contributed by atoms with van der Waals surface area (Å²) in [7, 11) is 2.98. The minimum Gasteiger partial charge on any atom is -0.497 e. The van der Waals surface area contributed by atoms with Gasteiger partial charge in [-0.05, 0) is 48.0 Å². The van der Waals surface area contributed by atoms with Crippen molar-refractivity contribution in [3.8, 4) is 17.2 Å². The summed E-state index contributed by atoms with van der Waals surface area (Å²) in [6.45, 7) is 1.31. The van der Waals surface area contributed by atoms with Crippen molar-refractivity contribution < 1.29 is 23.8 Å². The molecule has 0 aromatic heterocycles. The summed E-state index contributed by atoms with van der Waals surface area (Å²) in [4.78, 5) is 24.7. The van der Waals surface area contributed by atoms with Crippen molar-refractivity contribution in [2.75, 3.05) is 14.2 Å². The minimum absolute atomic E-state index is 0.292. The van der Waals surface area contributed by atoms with E-state index in [-0.39, 0.29) is 0 Å². The van der Waals surface area contributed by atoms with E-state index in [2.05, 4.69) is 0 Å². The molecule has 0 spiro atoms. The minimum atomic E-state index is -1.84. The van der Waals surface area contributed by atoms with Crippen molar-refractivity contribution in [1.29, 1.82) is 0 Å². The third kappa shape index (κ3) is 3.36. The zero-order chi connectivity index (χ0) is 19.4. The van der Waals surface area contributed by atoms with Gasteiger partial charge in [0.1, 0.15) is 17.2 Å². The van der Waals surface area contributed by atoms with E-state index in [1.54, 1.807) is 30.3 Å². The van der Waals surface area contributed by atoms with Crippen LogP contribution < -0.4 is 14.2 Å². The van der Waals surface area contributed by atoms with Crippen molar-refractivity contribution in [3.63, 3.8) is 0 Å². The van der Waals surface area contributed by atoms with Crippen molar-refractivity contribution in [2.45, 2.75) is 12.5 Å². The van der Waals surface area contributed by atoms with Crippen molar-refractivity contribution in [3.05, 3.63) is 66.2 Å². The molecule has 0 bridgehead atoms. The van der Waals surface area contributed by atoms with Crippen LogP contribution in [-0.2, 0) is 15.2 Å². The second kappa shape index (κ2) is 7.50. The Morgan fingerprint density at radius 1 is 0.889 bits per heavy atom. The molecule has 0 heterocycles. The van der Waals surface area contributed by atoms with E-state index in [1.807, 2.05) is 30.3 Å². The van der Waals surface area contributed by atoms with E-state index in [4.69, 9.17) is 14.2 Å². The zero-order valence-corrected chi connectivity index (χ0v) is 15.4. The van der Waals surface area contributed by atoms with Crippen molar-refractivity contribution in [1.82, 2.24) is 0 Å². The Kier molecular flexibility index (Phi) is 5.12. The SMILES string of the molecule is COc1ccc(OC)c(C(C=O)(Oc2ccc3ccccc3c2)C(C)=O)c1. The molecule has 5 heteroatoms. The van der Waals surface area contributed by atoms with Crippen LogP contribution in [0.4, 0.5) is 0 Å². The third-order valence-corrected chi connectivity index (χ3v) is 4.50. The molecule has 3 aromatic rings. The molecule has 27 heavy (non-hydrogen) atoms. The van der Waals surface area contributed by atoms with Crippen LogP contribution in [0.3, 0.4) is 0 Å². The molecule has 3 aromatic carbocycles. The fourth-order valence-corrected chi connectivity index (χ4v) is 3.01. The number of ketones is 1. The first-order valence-electron chi connectivity index (χ1n) is 8.41. The van der Waals surface area contributed by atoms with Gasteiger partial charge in [-0.3, -0.25) is 9.59 Å². The summed E-state index contributed by atoms with van der Waals surface area (Å²) < 4.78 is 16.6. The largest absolute Gasteiger partial charge is 0.497 e. The summed E-state index contributed by atoms with van der Waals surface area (Å²) in [5.74, 6) is 0.789. The van der Waals surface area contributed by atoms with Crippen LogP contribution in [0.1, 0.15) is 12.5 Å². The smallest absolute Gasteiger partial charge is 0.249 e. The van der Waals surface area contributed by atoms with Crippen LogP contribution in [0, 0.1) is 0 Å². The van der Waals surface area contributed by atoms with Crippen LogP contribution >= 0.6 is 0 Å². The maximum Gasteiger partial charge on any atom is 0.249 e. The molecule has 5 nitrogen and oxygen atoms in total. The molecule has 1 atom stereocenters. The molecule has 1 unspecified atom stereocenters. The summed E-state index contributed by atoms with van der Waals surface area (Å²) >= 11 is 0. The molecule has 0 fully saturated rings. The van der Waals surface area contributed by atoms with E-state index >= 15 is 0 Å². The Hall–Kier alpha value is -3.34. The Morgan fingerprint density at radius 2 is 1.59 bits per heavy atom. The van der Waals surface area contributed by atoms with Gasteiger partial charge in [-0.15, -0.1) is 0 Å². The third-order valence-electron chi connectivity index (χ3n) is 4.50. The fourth-order valence-electron chi connectivity index (χ4n) is 3.01. The molecule has 0 saturated carbocycles. The number of benzene rings is 3. The summed E-state index contributed by atoms with van der Waals surface area (Å²) in [6.07, 6.45) is 0.502. The van der Waals surface area contributed by atoms with Gasteiger partial charge in [0.05, 0.1) is 19.8 Å². The molecule has 3 rings (SSSR count). The van der Waals surface area contributed by atoms with Gasteiger partial charge >= 0.3 is 0 Å². The lowest BCUT2D eigenvalue weighted by Crippen LogP contribution is -2.42. The van der Waals surface area contributed by atoms with E-state index in [9.17, 15) is 9.59 Å². The lowest BCUT2D eigenvalue weighted by atomic mass is 9.90. The number of ether oxygens (including phenoxy) is 3. The monoisotopic (exact) mass is 364 g/mol. The van der Waals surface area contributed by atoms with E-state index in [1.165, 1.54) is 21.1 Å².